The van der Waals surface area contributed by atoms with Crippen LogP contribution in [0, 0.1) is 0 Å². The molecule has 0 aliphatic carbocycles. The Balaban J connectivity index is 1.82. The van der Waals surface area contributed by atoms with E-state index in [1.54, 1.807) is 19.3 Å². The van der Waals surface area contributed by atoms with Gasteiger partial charge >= 0.3 is 0 Å². The number of pyridine rings is 1. The zero-order chi connectivity index (χ0) is 15.1. The topological polar surface area (TPSA) is 51.2 Å². The second-order valence-electron chi connectivity index (χ2n) is 4.95. The first-order valence-electron chi connectivity index (χ1n) is 7.02. The van der Waals surface area contributed by atoms with Crippen molar-refractivity contribution < 1.29 is 9.53 Å². The number of benzene rings is 1. The van der Waals surface area contributed by atoms with Crippen LogP contribution in [0.2, 0.25) is 0 Å². The van der Waals surface area contributed by atoms with Crippen LogP contribution < -0.4 is 5.32 Å². The number of nitrogens with one attached hydrogen (secondary N) is 1. The van der Waals surface area contributed by atoms with Gasteiger partial charge in [0.05, 0.1) is 12.6 Å². The highest BCUT2D eigenvalue weighted by Gasteiger charge is 2.16. The van der Waals surface area contributed by atoms with Gasteiger partial charge in [-0.05, 0) is 37.1 Å². The van der Waals surface area contributed by atoms with Crippen molar-refractivity contribution in [2.45, 2.75) is 32.6 Å². The molecule has 1 aromatic carbocycles. The zero-order valence-corrected chi connectivity index (χ0v) is 12.3. The Kier molecular flexibility index (Phi) is 5.46. The molecule has 1 amide bonds. The molecule has 1 heterocycles. The summed E-state index contributed by atoms with van der Waals surface area (Å²) in [5.41, 5.74) is 2.08. The van der Waals surface area contributed by atoms with Crippen molar-refractivity contribution in [1.82, 2.24) is 10.3 Å². The Labute approximate surface area is 125 Å². The Morgan fingerprint density at radius 1 is 1.14 bits per heavy atom. The van der Waals surface area contributed by atoms with E-state index in [-0.39, 0.29) is 11.9 Å². The number of ether oxygens (including phenoxy) is 1. The van der Waals surface area contributed by atoms with Crippen LogP contribution in [0.25, 0.3) is 0 Å². The summed E-state index contributed by atoms with van der Waals surface area (Å²) in [6, 6.07) is 13.5. The minimum atomic E-state index is -0.491. The summed E-state index contributed by atoms with van der Waals surface area (Å²) in [4.78, 5) is 16.1. The molecule has 1 N–H and O–H groups in total. The van der Waals surface area contributed by atoms with Gasteiger partial charge in [0.1, 0.15) is 6.10 Å². The molecule has 2 unspecified atom stereocenters. The fourth-order valence-electron chi connectivity index (χ4n) is 1.94. The Morgan fingerprint density at radius 2 is 1.81 bits per heavy atom. The maximum absolute atomic E-state index is 12.1. The summed E-state index contributed by atoms with van der Waals surface area (Å²) in [5.74, 6) is -0.116. The molecule has 1 aromatic heterocycles. The fraction of sp³-hybridized carbons (Fsp3) is 0.294. The van der Waals surface area contributed by atoms with Gasteiger partial charge in [0.15, 0.2) is 0 Å². The van der Waals surface area contributed by atoms with Crippen LogP contribution in [-0.2, 0) is 16.1 Å². The van der Waals surface area contributed by atoms with Crippen molar-refractivity contribution in [2.75, 3.05) is 0 Å². The summed E-state index contributed by atoms with van der Waals surface area (Å²) >= 11 is 0. The molecule has 4 heteroatoms. The summed E-state index contributed by atoms with van der Waals surface area (Å²) in [6.07, 6.45) is 2.94. The molecule has 0 fully saturated rings. The van der Waals surface area contributed by atoms with Crippen LogP contribution >= 0.6 is 0 Å². The van der Waals surface area contributed by atoms with E-state index >= 15 is 0 Å². The first-order chi connectivity index (χ1) is 10.2. The molecule has 2 rings (SSSR count). The second-order valence-corrected chi connectivity index (χ2v) is 4.95. The molecular formula is C17H20N2O2. The molecule has 0 aliphatic rings. The van der Waals surface area contributed by atoms with E-state index < -0.39 is 6.10 Å². The maximum Gasteiger partial charge on any atom is 0.249 e. The Hall–Kier alpha value is -2.20. The first kappa shape index (κ1) is 15.2. The maximum atomic E-state index is 12.1. The fourth-order valence-corrected chi connectivity index (χ4v) is 1.94. The normalized spacial score (nSPS) is 13.4. The van der Waals surface area contributed by atoms with Gasteiger partial charge in [0.25, 0.3) is 0 Å². The Morgan fingerprint density at radius 3 is 2.48 bits per heavy atom. The lowest BCUT2D eigenvalue weighted by atomic mass is 10.1. The van der Waals surface area contributed by atoms with Crippen molar-refractivity contribution in [3.8, 4) is 0 Å². The largest absolute Gasteiger partial charge is 0.364 e. The van der Waals surface area contributed by atoms with E-state index in [1.165, 1.54) is 0 Å². The number of carbonyl (C=O) groups excluding carboxylic acids is 1. The van der Waals surface area contributed by atoms with Gasteiger partial charge in [-0.15, -0.1) is 0 Å². The quantitative estimate of drug-likeness (QED) is 0.887. The zero-order valence-electron chi connectivity index (χ0n) is 12.3. The van der Waals surface area contributed by atoms with Crippen molar-refractivity contribution in [2.24, 2.45) is 0 Å². The van der Waals surface area contributed by atoms with Crippen LogP contribution in [0.3, 0.4) is 0 Å². The van der Waals surface area contributed by atoms with Gasteiger partial charge in [0, 0.05) is 12.4 Å². The van der Waals surface area contributed by atoms with Gasteiger partial charge in [-0.3, -0.25) is 9.78 Å². The van der Waals surface area contributed by atoms with Crippen molar-refractivity contribution in [3.63, 3.8) is 0 Å². The molecule has 0 saturated carbocycles. The number of hydrogen-bond acceptors (Lipinski definition) is 3. The van der Waals surface area contributed by atoms with Crippen LogP contribution in [-0.4, -0.2) is 17.0 Å². The van der Waals surface area contributed by atoms with E-state index in [4.69, 9.17) is 4.74 Å². The molecule has 4 nitrogen and oxygen atoms in total. The molecule has 21 heavy (non-hydrogen) atoms. The lowest BCUT2D eigenvalue weighted by Gasteiger charge is -2.18. The van der Waals surface area contributed by atoms with Gasteiger partial charge in [0.2, 0.25) is 5.91 Å². The van der Waals surface area contributed by atoms with E-state index in [1.807, 2.05) is 49.4 Å². The van der Waals surface area contributed by atoms with Crippen LogP contribution in [0.15, 0.2) is 54.9 Å². The van der Waals surface area contributed by atoms with Crippen molar-refractivity contribution in [1.29, 1.82) is 0 Å². The lowest BCUT2D eigenvalue weighted by Crippen LogP contribution is -2.36. The monoisotopic (exact) mass is 284 g/mol. The molecule has 110 valence electrons. The second kappa shape index (κ2) is 7.55. The highest BCUT2D eigenvalue weighted by atomic mass is 16.5. The molecule has 0 radical (unpaired) electrons. The molecule has 0 aliphatic heterocycles. The summed E-state index contributed by atoms with van der Waals surface area (Å²) in [6.45, 7) is 4.13. The van der Waals surface area contributed by atoms with E-state index in [9.17, 15) is 4.79 Å². The van der Waals surface area contributed by atoms with E-state index in [2.05, 4.69) is 10.3 Å². The average Bonchev–Trinajstić information content (AvgIpc) is 2.54. The minimum Gasteiger partial charge on any atom is -0.364 e. The highest BCUT2D eigenvalue weighted by molar-refractivity contribution is 5.80. The van der Waals surface area contributed by atoms with Gasteiger partial charge in [-0.2, -0.15) is 0 Å². The number of carbonyl (C=O) groups is 1. The number of amides is 1. The van der Waals surface area contributed by atoms with Crippen molar-refractivity contribution in [3.05, 3.63) is 66.0 Å². The predicted molar refractivity (Wildman–Crippen MR) is 81.5 cm³/mol. The summed E-state index contributed by atoms with van der Waals surface area (Å²) < 4.78 is 5.60. The first-order valence-corrected chi connectivity index (χ1v) is 7.02. The summed E-state index contributed by atoms with van der Waals surface area (Å²) in [5, 5.41) is 2.94. The Bertz CT molecular complexity index is 558. The molecule has 2 aromatic rings. The molecule has 2 atom stereocenters. The molecule has 0 spiro atoms. The standard InChI is InChI=1S/C17H20N2O2/c1-13(16-8-10-18-11-9-16)19-17(20)14(2)21-12-15-6-4-3-5-7-15/h3-11,13-14H,12H2,1-2H3,(H,19,20). The highest BCUT2D eigenvalue weighted by Crippen LogP contribution is 2.11. The third kappa shape index (κ3) is 4.68. The number of rotatable bonds is 6. The van der Waals surface area contributed by atoms with E-state index in [0.29, 0.717) is 6.61 Å². The average molecular weight is 284 g/mol. The van der Waals surface area contributed by atoms with Gasteiger partial charge < -0.3 is 10.1 Å². The van der Waals surface area contributed by atoms with Crippen LogP contribution in [0.1, 0.15) is 31.0 Å². The lowest BCUT2D eigenvalue weighted by molar-refractivity contribution is -0.133. The molecule has 0 saturated heterocycles. The number of aromatic nitrogens is 1. The minimum absolute atomic E-state index is 0.0664. The molecular weight excluding hydrogens is 264 g/mol. The van der Waals surface area contributed by atoms with Crippen LogP contribution in [0.5, 0.6) is 0 Å². The van der Waals surface area contributed by atoms with Gasteiger partial charge in [-0.1, -0.05) is 30.3 Å². The third-order valence-electron chi connectivity index (χ3n) is 3.28. The van der Waals surface area contributed by atoms with Crippen molar-refractivity contribution >= 4 is 5.91 Å². The summed E-state index contributed by atoms with van der Waals surface area (Å²) in [7, 11) is 0. The number of hydrogen-bond donors (Lipinski definition) is 1. The third-order valence-corrected chi connectivity index (χ3v) is 3.28. The number of nitrogens with zero attached hydrogens (tertiary/aromatic N) is 1. The van der Waals surface area contributed by atoms with Gasteiger partial charge in [-0.25, -0.2) is 0 Å². The van der Waals surface area contributed by atoms with E-state index in [0.717, 1.165) is 11.1 Å². The van der Waals surface area contributed by atoms with Crippen LogP contribution in [0.4, 0.5) is 0 Å². The molecule has 0 bridgehead atoms. The smallest absolute Gasteiger partial charge is 0.249 e. The predicted octanol–water partition coefficient (Wildman–Crippen LogP) is 2.86. The SMILES string of the molecule is CC(OCc1ccccc1)C(=O)NC(C)c1ccncc1.